The van der Waals surface area contributed by atoms with E-state index in [-0.39, 0.29) is 24.5 Å². The van der Waals surface area contributed by atoms with Crippen LogP contribution >= 0.6 is 11.8 Å². The molecule has 0 aliphatic heterocycles. The Kier molecular flexibility index (Phi) is 8.67. The molecule has 0 radical (unpaired) electrons. The van der Waals surface area contributed by atoms with Crippen LogP contribution in [-0.2, 0) is 24.0 Å². The van der Waals surface area contributed by atoms with Gasteiger partial charge in [-0.15, -0.1) is 0 Å². The Balaban J connectivity index is 1.73. The summed E-state index contributed by atoms with van der Waals surface area (Å²) in [6, 6.07) is 12.1. The molecule has 33 heavy (non-hydrogen) atoms. The lowest BCUT2D eigenvalue weighted by atomic mass is 9.94. The van der Waals surface area contributed by atoms with Gasteiger partial charge in [-0.05, 0) is 42.6 Å². The Bertz CT molecular complexity index is 1160. The van der Waals surface area contributed by atoms with Gasteiger partial charge in [-0.3, -0.25) is 9.59 Å². The van der Waals surface area contributed by atoms with Crippen molar-refractivity contribution in [2.45, 2.75) is 44.8 Å². The van der Waals surface area contributed by atoms with Crippen LogP contribution in [0, 0.1) is 12.5 Å². The molecule has 1 N–H and O–H groups in total. The third-order valence-corrected chi connectivity index (χ3v) is 6.78. The van der Waals surface area contributed by atoms with E-state index in [9.17, 15) is 9.59 Å². The summed E-state index contributed by atoms with van der Waals surface area (Å²) in [7, 11) is 1.91. The summed E-state index contributed by atoms with van der Waals surface area (Å²) in [4.78, 5) is 32.2. The number of carbonyl (C=O) groups excluding carboxylic acids is 1. The lowest BCUT2D eigenvalue weighted by Gasteiger charge is -2.10. The highest BCUT2D eigenvalue weighted by molar-refractivity contribution is 7.98. The van der Waals surface area contributed by atoms with Gasteiger partial charge in [0.15, 0.2) is 5.78 Å². The molecule has 0 amide bonds. The first-order valence-electron chi connectivity index (χ1n) is 11.1. The molecule has 0 spiro atoms. The molecule has 2 aromatic heterocycles. The largest absolute Gasteiger partial charge is 0.481 e. The molecule has 0 aliphatic rings. The molecule has 3 rings (SSSR count). The van der Waals surface area contributed by atoms with Crippen LogP contribution in [-0.4, -0.2) is 32.2 Å². The molecule has 2 heterocycles. The molecular weight excluding hydrogens is 434 g/mol. The predicted molar refractivity (Wildman–Crippen MR) is 133 cm³/mol. The van der Waals surface area contributed by atoms with Crippen LogP contribution in [0.15, 0.2) is 42.6 Å². The number of fused-ring (bicyclic) bond motifs is 1. The van der Waals surface area contributed by atoms with E-state index in [0.717, 1.165) is 36.5 Å². The smallest absolute Gasteiger partial charge is 0.303 e. The number of hydrogen-bond donors (Lipinski definition) is 1. The summed E-state index contributed by atoms with van der Waals surface area (Å²) in [6.45, 7) is 9.09. The summed E-state index contributed by atoms with van der Waals surface area (Å²) in [6.07, 6.45) is 4.35. The van der Waals surface area contributed by atoms with E-state index in [1.54, 1.807) is 13.0 Å². The molecule has 0 bridgehead atoms. The van der Waals surface area contributed by atoms with Crippen LogP contribution in [0.3, 0.4) is 0 Å². The number of carboxylic acids is 1. The summed E-state index contributed by atoms with van der Waals surface area (Å²) >= 11 is 1.91. The van der Waals surface area contributed by atoms with Crippen LogP contribution in [0.1, 0.15) is 54.2 Å². The van der Waals surface area contributed by atoms with Gasteiger partial charge in [0, 0.05) is 48.5 Å². The van der Waals surface area contributed by atoms with Crippen molar-refractivity contribution >= 4 is 40.2 Å². The molecule has 6 nitrogen and oxygen atoms in total. The number of carbonyl (C=O) groups is 2. The number of unbranched alkanes of at least 4 members (excludes halogenated alkanes) is 1. The average Bonchev–Trinajstić information content (AvgIpc) is 3.07. The molecule has 3 aromatic rings. The van der Waals surface area contributed by atoms with Crippen molar-refractivity contribution < 1.29 is 14.7 Å². The monoisotopic (exact) mass is 463 g/mol. The molecular formula is C26H29N3O3S. The lowest BCUT2D eigenvalue weighted by molar-refractivity contribution is -0.137. The number of carboxylic acid groups (broad SMARTS) is 1. The van der Waals surface area contributed by atoms with Crippen molar-refractivity contribution in [1.29, 1.82) is 0 Å². The first-order chi connectivity index (χ1) is 15.9. The van der Waals surface area contributed by atoms with Gasteiger partial charge in [-0.25, -0.2) is 9.83 Å². The lowest BCUT2D eigenvalue weighted by Crippen LogP contribution is -2.12. The second-order valence-electron chi connectivity index (χ2n) is 8.38. The first-order valence-corrected chi connectivity index (χ1v) is 12.3. The van der Waals surface area contributed by atoms with Crippen LogP contribution in [0.25, 0.3) is 15.9 Å². The molecule has 1 aromatic carbocycles. The Morgan fingerprint density at radius 1 is 1.21 bits per heavy atom. The quantitative estimate of drug-likeness (QED) is 0.201. The number of nitrogens with zero attached hydrogens (tertiary/aromatic N) is 3. The molecule has 0 saturated carbocycles. The van der Waals surface area contributed by atoms with Crippen LogP contribution in [0.5, 0.6) is 0 Å². The fourth-order valence-electron chi connectivity index (χ4n) is 4.06. The fraction of sp³-hybridized carbons (Fsp3) is 0.385. The van der Waals surface area contributed by atoms with Gasteiger partial charge in [0.2, 0.25) is 5.69 Å². The zero-order valence-corrected chi connectivity index (χ0v) is 19.9. The number of benzene rings is 1. The van der Waals surface area contributed by atoms with Crippen molar-refractivity contribution in [3.05, 3.63) is 70.8 Å². The molecule has 0 aliphatic carbocycles. The Labute approximate surface area is 198 Å². The maximum absolute atomic E-state index is 13.3. The maximum atomic E-state index is 13.3. The van der Waals surface area contributed by atoms with E-state index in [4.69, 9.17) is 11.7 Å². The van der Waals surface area contributed by atoms with Gasteiger partial charge in [-0.2, -0.15) is 11.8 Å². The van der Waals surface area contributed by atoms with Gasteiger partial charge >= 0.3 is 5.97 Å². The topological polar surface area (TPSA) is 76.6 Å². The number of aromatic nitrogens is 2. The number of Topliss-reactive ketones (excluding diaryl/α,β-unsaturated/α-hetero) is 1. The minimum absolute atomic E-state index is 0.0456. The summed E-state index contributed by atoms with van der Waals surface area (Å²) < 4.78 is 1.95. The van der Waals surface area contributed by atoms with Crippen LogP contribution in [0.2, 0.25) is 0 Å². The van der Waals surface area contributed by atoms with Crippen LogP contribution < -0.4 is 0 Å². The SMILES string of the molecule is [C-]#[N+]c1cnc2c(c1)c(C(=O)CC(C)CC(=O)O)c(CCCCSCc1ccccc1)n2C. The predicted octanol–water partition coefficient (Wildman–Crippen LogP) is 6.06. The highest BCUT2D eigenvalue weighted by atomic mass is 32.2. The average molecular weight is 464 g/mol. The number of thioether (sulfide) groups is 1. The standard InChI is InChI=1S/C26H29N3O3S/c1-18(14-24(31)32)13-23(30)25-21-15-20(27-2)16-28-26(21)29(3)22(25)11-7-8-12-33-17-19-9-5-4-6-10-19/h4-6,9-10,15-16,18H,7-8,11-14,17H2,1,3H3,(H,31,32). The molecule has 1 unspecified atom stereocenters. The highest BCUT2D eigenvalue weighted by Gasteiger charge is 2.24. The van der Waals surface area contributed by atoms with Crippen LogP contribution in [0.4, 0.5) is 5.69 Å². The Hall–Kier alpha value is -3.11. The van der Waals surface area contributed by atoms with Gasteiger partial charge in [0.25, 0.3) is 0 Å². The van der Waals surface area contributed by atoms with Gasteiger partial charge in [0.1, 0.15) is 5.65 Å². The number of rotatable bonds is 12. The summed E-state index contributed by atoms with van der Waals surface area (Å²) in [5.41, 5.74) is 3.91. The summed E-state index contributed by atoms with van der Waals surface area (Å²) in [5, 5.41) is 9.75. The third kappa shape index (κ3) is 6.45. The number of ketones is 1. The second-order valence-corrected chi connectivity index (χ2v) is 9.49. The highest BCUT2D eigenvalue weighted by Crippen LogP contribution is 2.31. The Morgan fingerprint density at radius 3 is 2.67 bits per heavy atom. The van der Waals surface area contributed by atoms with Gasteiger partial charge < -0.3 is 9.67 Å². The van der Waals surface area contributed by atoms with Crippen molar-refractivity contribution in [3.63, 3.8) is 0 Å². The van der Waals surface area contributed by atoms with E-state index >= 15 is 0 Å². The minimum atomic E-state index is -0.904. The number of aliphatic carboxylic acids is 1. The zero-order valence-electron chi connectivity index (χ0n) is 19.1. The fourth-order valence-corrected chi connectivity index (χ4v) is 5.04. The zero-order chi connectivity index (χ0) is 23.8. The molecule has 0 saturated heterocycles. The third-order valence-electron chi connectivity index (χ3n) is 5.66. The number of aryl methyl sites for hydroxylation is 1. The van der Waals surface area contributed by atoms with E-state index in [1.807, 2.05) is 29.4 Å². The van der Waals surface area contributed by atoms with Crippen molar-refractivity contribution in [1.82, 2.24) is 9.55 Å². The van der Waals surface area contributed by atoms with Crippen molar-refractivity contribution in [2.75, 3.05) is 5.75 Å². The maximum Gasteiger partial charge on any atom is 0.303 e. The normalized spacial score (nSPS) is 11.9. The first kappa shape index (κ1) is 24.5. The minimum Gasteiger partial charge on any atom is -0.481 e. The van der Waals surface area contributed by atoms with Crippen molar-refractivity contribution in [3.8, 4) is 0 Å². The number of pyridine rings is 1. The second kappa shape index (κ2) is 11.7. The Morgan fingerprint density at radius 2 is 1.97 bits per heavy atom. The van der Waals surface area contributed by atoms with E-state index in [0.29, 0.717) is 22.3 Å². The molecule has 1 atom stereocenters. The van der Waals surface area contributed by atoms with E-state index < -0.39 is 5.97 Å². The van der Waals surface area contributed by atoms with Gasteiger partial charge in [0.05, 0.1) is 6.57 Å². The molecule has 7 heteroatoms. The molecule has 0 fully saturated rings. The van der Waals surface area contributed by atoms with E-state index in [2.05, 4.69) is 34.1 Å². The number of hydrogen-bond acceptors (Lipinski definition) is 4. The van der Waals surface area contributed by atoms with Gasteiger partial charge in [-0.1, -0.05) is 37.3 Å². The summed E-state index contributed by atoms with van der Waals surface area (Å²) in [5.74, 6) is 0.788. The molecule has 172 valence electrons. The van der Waals surface area contributed by atoms with Crippen molar-refractivity contribution in [2.24, 2.45) is 13.0 Å². The van der Waals surface area contributed by atoms with E-state index in [1.165, 1.54) is 11.8 Å².